The van der Waals surface area contributed by atoms with Crippen molar-refractivity contribution < 1.29 is 31.1 Å². The predicted molar refractivity (Wildman–Crippen MR) is 194 cm³/mol. The quantitative estimate of drug-likeness (QED) is 0.0942. The van der Waals surface area contributed by atoms with Crippen LogP contribution in [0.5, 0.6) is 0 Å². The highest BCUT2D eigenvalue weighted by atomic mass is 16.5. The smallest absolute Gasteiger partial charge is 0.306 e. The molecule has 0 heterocycles. The van der Waals surface area contributed by atoms with E-state index in [0.29, 0.717) is 5.41 Å². The molecule has 0 spiro atoms. The summed E-state index contributed by atoms with van der Waals surface area (Å²) >= 11 is 0. The first-order valence-electron chi connectivity index (χ1n) is 20.6. The van der Waals surface area contributed by atoms with Crippen molar-refractivity contribution in [3.63, 3.8) is 0 Å². The number of carbonyl (C=O) groups is 2. The highest BCUT2D eigenvalue weighted by Crippen LogP contribution is 2.67. The molecule has 3 saturated carbocycles. The number of carbonyl (C=O) groups excluding carboxylic acids is 2. The fourth-order valence-electron chi connectivity index (χ4n) is 11.1. The second kappa shape index (κ2) is 18.7. The maximum absolute atomic E-state index is 13.1. The van der Waals surface area contributed by atoms with Crippen molar-refractivity contribution in [2.24, 2.45) is 46.3 Å². The Hall–Kier alpha value is -1.44. The lowest BCUT2D eigenvalue weighted by molar-refractivity contribution is -0.657. The number of esters is 1. The lowest BCUT2D eigenvalue weighted by atomic mass is 9.47. The molecular formula is C41H77N4O3+3. The summed E-state index contributed by atoms with van der Waals surface area (Å²) in [5.74, 6) is 4.90. The molecular weight excluding hydrogens is 596 g/mol. The van der Waals surface area contributed by atoms with Crippen LogP contribution in [0.25, 0.3) is 0 Å². The molecule has 0 aromatic heterocycles. The standard InChI is InChI=1S/C41H74N4O3/c1-30(2)11-8-12-31(3)35-15-16-36-34-14-13-32-29-33(19-21-40(32,4)37(34)20-22-41(35,36)5)48-39(47)18-17-38(46)45(28-10-24-43)27-7-6-25-44-26-9-23-42/h13,30-31,33-37,44H,6-12,14-29,42-43H2,1-5H3/p+3/t31-,33+,34+,35-,36+,37+,40+,41-/m1/s1. The minimum absolute atomic E-state index is 0.0399. The van der Waals surface area contributed by atoms with Crippen LogP contribution in [-0.2, 0) is 14.3 Å². The Morgan fingerprint density at radius 1 is 0.896 bits per heavy atom. The number of quaternary nitrogens is 3. The van der Waals surface area contributed by atoms with E-state index in [2.05, 4.69) is 57.5 Å². The van der Waals surface area contributed by atoms with Crippen LogP contribution in [0, 0.1) is 46.3 Å². The number of nitrogens with two attached hydrogens (primary N) is 1. The zero-order valence-corrected chi connectivity index (χ0v) is 32.0. The van der Waals surface area contributed by atoms with Gasteiger partial charge in [-0.2, -0.15) is 0 Å². The van der Waals surface area contributed by atoms with E-state index in [1.165, 1.54) is 51.4 Å². The second-order valence-corrected chi connectivity index (χ2v) is 17.5. The summed E-state index contributed by atoms with van der Waals surface area (Å²) in [7, 11) is 0. The highest BCUT2D eigenvalue weighted by Gasteiger charge is 2.59. The molecule has 0 unspecified atom stereocenters. The van der Waals surface area contributed by atoms with Crippen molar-refractivity contribution in [2.75, 3.05) is 39.3 Å². The van der Waals surface area contributed by atoms with Crippen LogP contribution >= 0.6 is 0 Å². The van der Waals surface area contributed by atoms with Gasteiger partial charge in [0.1, 0.15) is 6.10 Å². The van der Waals surface area contributed by atoms with Crippen molar-refractivity contribution >= 4 is 11.9 Å². The number of rotatable bonds is 20. The second-order valence-electron chi connectivity index (χ2n) is 17.5. The number of fused-ring (bicyclic) bond motifs is 5. The molecule has 4 aliphatic rings. The largest absolute Gasteiger partial charge is 0.462 e. The lowest BCUT2D eigenvalue weighted by Crippen LogP contribution is -2.84. The molecule has 0 aliphatic heterocycles. The molecule has 276 valence electrons. The van der Waals surface area contributed by atoms with Crippen molar-refractivity contribution in [1.29, 1.82) is 0 Å². The van der Waals surface area contributed by atoms with Gasteiger partial charge >= 0.3 is 5.97 Å². The van der Waals surface area contributed by atoms with E-state index in [9.17, 15) is 9.59 Å². The fourth-order valence-corrected chi connectivity index (χ4v) is 11.1. The van der Waals surface area contributed by atoms with E-state index in [4.69, 9.17) is 4.74 Å². The Bertz CT molecular complexity index is 1050. The van der Waals surface area contributed by atoms with E-state index in [0.717, 1.165) is 120 Å². The van der Waals surface area contributed by atoms with E-state index in [1.807, 2.05) is 4.90 Å². The first-order valence-corrected chi connectivity index (χ1v) is 20.6. The molecule has 7 heteroatoms. The lowest BCUT2D eigenvalue weighted by Gasteiger charge is -2.58. The average Bonchev–Trinajstić information content (AvgIpc) is 3.42. The topological polar surface area (TPSA) is 118 Å². The van der Waals surface area contributed by atoms with E-state index < -0.39 is 0 Å². The van der Waals surface area contributed by atoms with Crippen molar-refractivity contribution in [3.8, 4) is 0 Å². The van der Waals surface area contributed by atoms with Gasteiger partial charge in [0.25, 0.3) is 0 Å². The van der Waals surface area contributed by atoms with Crippen LogP contribution in [0.15, 0.2) is 11.6 Å². The number of hydrogen-bond acceptors (Lipinski definition) is 3. The molecule has 4 aliphatic carbocycles. The molecule has 48 heavy (non-hydrogen) atoms. The summed E-state index contributed by atoms with van der Waals surface area (Å²) in [4.78, 5) is 28.1. The van der Waals surface area contributed by atoms with Gasteiger partial charge in [0.15, 0.2) is 0 Å². The number of unbranched alkanes of at least 4 members (excludes halogenated alkanes) is 1. The molecule has 1 amide bonds. The molecule has 3 fully saturated rings. The maximum atomic E-state index is 13.1. The molecule has 0 saturated heterocycles. The number of ether oxygens (including phenoxy) is 1. The van der Waals surface area contributed by atoms with Crippen LogP contribution in [-0.4, -0.2) is 62.1 Å². The zero-order chi connectivity index (χ0) is 34.7. The van der Waals surface area contributed by atoms with Gasteiger partial charge < -0.3 is 26.4 Å². The number of allylic oxidation sites excluding steroid dienone is 1. The minimum atomic E-state index is -0.198. The molecule has 4 rings (SSSR count). The third-order valence-corrected chi connectivity index (χ3v) is 13.9. The van der Waals surface area contributed by atoms with Gasteiger partial charge in [0.2, 0.25) is 5.91 Å². The fraction of sp³-hybridized carbons (Fsp3) is 0.902. The van der Waals surface area contributed by atoms with Gasteiger partial charge in [-0.3, -0.25) is 9.59 Å². The third kappa shape index (κ3) is 9.87. The summed E-state index contributed by atoms with van der Waals surface area (Å²) in [5.41, 5.74) is 10.2. The molecule has 7 nitrogen and oxygen atoms in total. The number of hydrogen-bond donors (Lipinski definition) is 3. The van der Waals surface area contributed by atoms with Crippen LogP contribution in [0.2, 0.25) is 0 Å². The zero-order valence-electron chi connectivity index (χ0n) is 32.0. The van der Waals surface area contributed by atoms with Crippen LogP contribution in [0.1, 0.15) is 144 Å². The van der Waals surface area contributed by atoms with Gasteiger partial charge in [-0.05, 0) is 104 Å². The van der Waals surface area contributed by atoms with Crippen molar-refractivity contribution in [1.82, 2.24) is 4.90 Å². The van der Waals surface area contributed by atoms with Gasteiger partial charge in [-0.25, -0.2) is 0 Å². The van der Waals surface area contributed by atoms with Gasteiger partial charge in [0.05, 0.1) is 32.6 Å². The normalized spacial score (nSPS) is 31.8. The monoisotopic (exact) mass is 674 g/mol. The van der Waals surface area contributed by atoms with Gasteiger partial charge in [-0.15, -0.1) is 0 Å². The first-order chi connectivity index (χ1) is 23.0. The van der Waals surface area contributed by atoms with Gasteiger partial charge in [-0.1, -0.05) is 65.5 Å². The third-order valence-electron chi connectivity index (χ3n) is 13.9. The number of nitrogens with zero attached hydrogens (tertiary/aromatic N) is 1. The summed E-state index contributed by atoms with van der Waals surface area (Å²) in [6.07, 6.45) is 21.1. The Morgan fingerprint density at radius 2 is 1.65 bits per heavy atom. The van der Waals surface area contributed by atoms with Crippen LogP contribution in [0.3, 0.4) is 0 Å². The Morgan fingerprint density at radius 3 is 2.40 bits per heavy atom. The molecule has 8 atom stereocenters. The average molecular weight is 674 g/mol. The van der Waals surface area contributed by atoms with Gasteiger partial charge in [0, 0.05) is 38.8 Å². The summed E-state index contributed by atoms with van der Waals surface area (Å²) in [6, 6.07) is 0. The summed E-state index contributed by atoms with van der Waals surface area (Å²) < 4.78 is 6.08. The van der Waals surface area contributed by atoms with E-state index in [1.54, 1.807) is 5.57 Å². The minimum Gasteiger partial charge on any atom is -0.462 e. The van der Waals surface area contributed by atoms with E-state index in [-0.39, 0.29) is 36.2 Å². The SMILES string of the molecule is CC(C)CCC[C@@H](C)[C@H]1CC[C@H]2[C@@H]3CC=C4C[C@@H](OC(=O)CCC(=O)N(CCC[NH3+])CCCC[NH2+]CCC[NH3+])CC[C@]4(C)[C@H]3CC[C@]12C. The molecule has 0 radical (unpaired) electrons. The Kier molecular flexibility index (Phi) is 15.3. The molecule has 8 N–H and O–H groups in total. The number of amides is 1. The predicted octanol–water partition coefficient (Wildman–Crippen LogP) is 5.16. The Balaban J connectivity index is 1.25. The van der Waals surface area contributed by atoms with Crippen LogP contribution in [0.4, 0.5) is 0 Å². The van der Waals surface area contributed by atoms with Crippen molar-refractivity contribution in [3.05, 3.63) is 11.6 Å². The first kappa shape index (κ1) is 39.3. The van der Waals surface area contributed by atoms with E-state index >= 15 is 0 Å². The summed E-state index contributed by atoms with van der Waals surface area (Å²) in [5, 5.41) is 2.35. The maximum Gasteiger partial charge on any atom is 0.306 e. The molecule has 0 aromatic carbocycles. The van der Waals surface area contributed by atoms with Crippen LogP contribution < -0.4 is 16.8 Å². The summed E-state index contributed by atoms with van der Waals surface area (Å²) in [6.45, 7) is 18.1. The Labute approximate surface area is 294 Å². The highest BCUT2D eigenvalue weighted by molar-refractivity contribution is 5.81. The van der Waals surface area contributed by atoms with Crippen molar-refractivity contribution in [2.45, 2.75) is 150 Å². The molecule has 0 aromatic rings. The molecule has 0 bridgehead atoms.